The van der Waals surface area contributed by atoms with E-state index in [0.29, 0.717) is 5.92 Å². The van der Waals surface area contributed by atoms with E-state index in [2.05, 4.69) is 59.9 Å². The van der Waals surface area contributed by atoms with Gasteiger partial charge in [-0.15, -0.1) is 0 Å². The molecule has 1 atom stereocenters. The maximum atomic E-state index is 7.00. The van der Waals surface area contributed by atoms with Crippen molar-refractivity contribution in [1.82, 2.24) is 19.8 Å². The molecule has 2 fully saturated rings. The van der Waals surface area contributed by atoms with E-state index in [0.717, 1.165) is 51.6 Å². The topological polar surface area (TPSA) is 55.7 Å². The highest BCUT2D eigenvalue weighted by atomic mass is 16.2. The lowest BCUT2D eigenvalue weighted by Crippen LogP contribution is -2.52. The van der Waals surface area contributed by atoms with Gasteiger partial charge in [0.2, 0.25) is 5.95 Å². The average molecular weight is 494 g/mol. The van der Waals surface area contributed by atoms with Gasteiger partial charge < -0.3 is 14.9 Å². The first-order chi connectivity index (χ1) is 17.6. The smallest absolute Gasteiger partial charge is 0.225 e. The molecule has 1 aliphatic carbocycles. The Morgan fingerprint density at radius 1 is 0.972 bits per heavy atom. The van der Waals surface area contributed by atoms with Crippen LogP contribution in [0.15, 0.2) is 24.4 Å². The summed E-state index contributed by atoms with van der Waals surface area (Å²) in [6.07, 6.45) is 10.9. The van der Waals surface area contributed by atoms with Crippen LogP contribution in [0.1, 0.15) is 60.6 Å². The SMILES string of the molecule is CO.Cc1cccc(CC(C)CN2CCCc3nc(N4CCN(C5CCC5)CC4)ncc3CC2)c1C. The summed E-state index contributed by atoms with van der Waals surface area (Å²) in [6, 6.07) is 7.59. The van der Waals surface area contributed by atoms with Crippen LogP contribution in [0.3, 0.4) is 0 Å². The van der Waals surface area contributed by atoms with Crippen LogP contribution in [0.2, 0.25) is 0 Å². The van der Waals surface area contributed by atoms with Crippen molar-refractivity contribution in [2.75, 3.05) is 57.8 Å². The summed E-state index contributed by atoms with van der Waals surface area (Å²) in [5, 5.41) is 7.00. The maximum Gasteiger partial charge on any atom is 0.225 e. The van der Waals surface area contributed by atoms with Gasteiger partial charge in [0.15, 0.2) is 0 Å². The number of hydrogen-bond donors (Lipinski definition) is 1. The largest absolute Gasteiger partial charge is 0.400 e. The first-order valence-corrected chi connectivity index (χ1v) is 14.1. The van der Waals surface area contributed by atoms with E-state index in [-0.39, 0.29) is 0 Å². The van der Waals surface area contributed by atoms with Crippen LogP contribution in [0.5, 0.6) is 0 Å². The number of aryl methyl sites for hydroxylation is 2. The number of hydrogen-bond acceptors (Lipinski definition) is 6. The second-order valence-electron chi connectivity index (χ2n) is 11.1. The Labute approximate surface area is 218 Å². The highest BCUT2D eigenvalue weighted by Gasteiger charge is 2.29. The van der Waals surface area contributed by atoms with E-state index in [1.807, 2.05) is 0 Å². The molecule has 2 aliphatic heterocycles. The lowest BCUT2D eigenvalue weighted by molar-refractivity contribution is 0.120. The second kappa shape index (κ2) is 13.0. The minimum Gasteiger partial charge on any atom is -0.400 e. The molecule has 1 saturated heterocycles. The molecule has 5 rings (SSSR count). The van der Waals surface area contributed by atoms with Crippen molar-refractivity contribution < 1.29 is 5.11 Å². The van der Waals surface area contributed by atoms with E-state index in [9.17, 15) is 0 Å². The van der Waals surface area contributed by atoms with Crippen molar-refractivity contribution in [1.29, 1.82) is 0 Å². The number of nitrogens with zero attached hydrogens (tertiary/aromatic N) is 5. The molecule has 0 bridgehead atoms. The van der Waals surface area contributed by atoms with E-state index in [4.69, 9.17) is 15.1 Å². The van der Waals surface area contributed by atoms with Gasteiger partial charge in [-0.05, 0) is 87.1 Å². The molecule has 6 heteroatoms. The molecular formula is C30H47N5O. The number of aliphatic hydroxyl groups excluding tert-OH is 1. The van der Waals surface area contributed by atoms with Crippen molar-refractivity contribution in [3.05, 3.63) is 52.3 Å². The van der Waals surface area contributed by atoms with Gasteiger partial charge >= 0.3 is 0 Å². The highest BCUT2D eigenvalue weighted by Crippen LogP contribution is 2.26. The normalized spacial score (nSPS) is 20.4. The molecule has 6 nitrogen and oxygen atoms in total. The number of aliphatic hydroxyl groups is 1. The molecule has 3 aliphatic rings. The minimum atomic E-state index is 0.664. The summed E-state index contributed by atoms with van der Waals surface area (Å²) in [4.78, 5) is 17.7. The Morgan fingerprint density at radius 2 is 1.75 bits per heavy atom. The van der Waals surface area contributed by atoms with Crippen molar-refractivity contribution in [3.63, 3.8) is 0 Å². The fourth-order valence-electron chi connectivity index (χ4n) is 6.00. The Kier molecular flexibility index (Phi) is 9.74. The molecule has 0 spiro atoms. The van der Waals surface area contributed by atoms with Gasteiger partial charge in [-0.1, -0.05) is 31.5 Å². The van der Waals surface area contributed by atoms with Crippen LogP contribution >= 0.6 is 0 Å². The van der Waals surface area contributed by atoms with Crippen LogP contribution in [0, 0.1) is 19.8 Å². The number of benzene rings is 1. The summed E-state index contributed by atoms with van der Waals surface area (Å²) >= 11 is 0. The molecular weight excluding hydrogens is 446 g/mol. The summed E-state index contributed by atoms with van der Waals surface area (Å²) in [7, 11) is 1.00. The molecule has 1 aromatic heterocycles. The third kappa shape index (κ3) is 6.64. The molecule has 198 valence electrons. The molecule has 3 heterocycles. The number of rotatable bonds is 6. The first-order valence-electron chi connectivity index (χ1n) is 14.1. The lowest BCUT2D eigenvalue weighted by Gasteiger charge is -2.43. The molecule has 1 unspecified atom stereocenters. The zero-order chi connectivity index (χ0) is 25.5. The third-order valence-corrected chi connectivity index (χ3v) is 8.57. The van der Waals surface area contributed by atoms with Crippen molar-refractivity contribution >= 4 is 5.95 Å². The monoisotopic (exact) mass is 493 g/mol. The fraction of sp³-hybridized carbons (Fsp3) is 0.667. The van der Waals surface area contributed by atoms with Gasteiger partial charge in [0, 0.05) is 64.3 Å². The van der Waals surface area contributed by atoms with E-state index >= 15 is 0 Å². The van der Waals surface area contributed by atoms with Gasteiger partial charge in [0.1, 0.15) is 0 Å². The van der Waals surface area contributed by atoms with Crippen LogP contribution < -0.4 is 4.90 Å². The van der Waals surface area contributed by atoms with Gasteiger partial charge in [-0.3, -0.25) is 4.90 Å². The third-order valence-electron chi connectivity index (χ3n) is 8.57. The lowest BCUT2D eigenvalue weighted by atomic mass is 9.91. The number of anilines is 1. The van der Waals surface area contributed by atoms with E-state index < -0.39 is 0 Å². The average Bonchev–Trinajstić information content (AvgIpc) is 2.85. The zero-order valence-corrected chi connectivity index (χ0v) is 23.0. The molecule has 1 saturated carbocycles. The summed E-state index contributed by atoms with van der Waals surface area (Å²) < 4.78 is 0. The summed E-state index contributed by atoms with van der Waals surface area (Å²) in [5.41, 5.74) is 7.05. The van der Waals surface area contributed by atoms with E-state index in [1.54, 1.807) is 0 Å². The standard InChI is InChI=1S/C29H43N5.CH4O/c1-22(19-25-8-4-7-23(2)24(25)3)21-32-13-6-11-28-26(12-14-32)20-30-29(31-28)34-17-15-33(16-18-34)27-9-5-10-27;1-2/h4,7-8,20,22,27H,5-6,9-19,21H2,1-3H3;2H,1H3. The molecule has 0 radical (unpaired) electrons. The summed E-state index contributed by atoms with van der Waals surface area (Å²) in [5.74, 6) is 1.63. The number of aromatic nitrogens is 2. The molecule has 0 amide bonds. The Hall–Kier alpha value is -2.02. The van der Waals surface area contributed by atoms with Gasteiger partial charge in [0.05, 0.1) is 0 Å². The van der Waals surface area contributed by atoms with Crippen LogP contribution in [0.4, 0.5) is 5.95 Å². The summed E-state index contributed by atoms with van der Waals surface area (Å²) in [6.45, 7) is 14.8. The molecule has 36 heavy (non-hydrogen) atoms. The first kappa shape index (κ1) is 27.0. The maximum absolute atomic E-state index is 7.00. The van der Waals surface area contributed by atoms with Crippen LogP contribution in [0.25, 0.3) is 0 Å². The highest BCUT2D eigenvalue weighted by molar-refractivity contribution is 5.35. The molecule has 2 aromatic rings. The van der Waals surface area contributed by atoms with Gasteiger partial charge in [-0.25, -0.2) is 9.97 Å². The van der Waals surface area contributed by atoms with Crippen LogP contribution in [-0.4, -0.2) is 83.8 Å². The van der Waals surface area contributed by atoms with Gasteiger partial charge in [0.25, 0.3) is 0 Å². The Bertz CT molecular complexity index is 968. The second-order valence-corrected chi connectivity index (χ2v) is 11.1. The predicted molar refractivity (Wildman–Crippen MR) is 149 cm³/mol. The quantitative estimate of drug-likeness (QED) is 0.655. The van der Waals surface area contributed by atoms with Crippen molar-refractivity contribution in [2.45, 2.75) is 71.8 Å². The van der Waals surface area contributed by atoms with Crippen molar-refractivity contribution in [3.8, 4) is 0 Å². The van der Waals surface area contributed by atoms with Gasteiger partial charge in [-0.2, -0.15) is 0 Å². The number of piperazine rings is 1. The Morgan fingerprint density at radius 3 is 2.47 bits per heavy atom. The Balaban J connectivity index is 0.00000148. The van der Waals surface area contributed by atoms with Crippen LogP contribution in [-0.2, 0) is 19.3 Å². The van der Waals surface area contributed by atoms with E-state index in [1.165, 1.54) is 86.2 Å². The van der Waals surface area contributed by atoms with Crippen molar-refractivity contribution in [2.24, 2.45) is 5.92 Å². The fourth-order valence-corrected chi connectivity index (χ4v) is 6.00. The predicted octanol–water partition coefficient (Wildman–Crippen LogP) is 4.05. The molecule has 1 N–H and O–H groups in total. The molecule has 1 aromatic carbocycles. The minimum absolute atomic E-state index is 0.664. The number of fused-ring (bicyclic) bond motifs is 1. The zero-order valence-electron chi connectivity index (χ0n) is 23.0.